The average Bonchev–Trinajstić information content (AvgIpc) is 2.76. The van der Waals surface area contributed by atoms with Crippen LogP contribution in [0.2, 0.25) is 0 Å². The minimum absolute atomic E-state index is 0.195. The Hall–Kier alpha value is -2.20. The number of phenols is 1. The fraction of sp³-hybridized carbons (Fsp3) is 0.464. The summed E-state index contributed by atoms with van der Waals surface area (Å²) in [6.07, 6.45) is 2.02. The summed E-state index contributed by atoms with van der Waals surface area (Å²) >= 11 is 0. The van der Waals surface area contributed by atoms with Crippen molar-refractivity contribution < 1.29 is 23.5 Å². The van der Waals surface area contributed by atoms with Gasteiger partial charge in [0.2, 0.25) is 0 Å². The Kier molecular flexibility index (Phi) is 9.10. The van der Waals surface area contributed by atoms with Gasteiger partial charge in [-0.1, -0.05) is 78.8 Å². The molecule has 0 aliphatic rings. The molecular formula is C28H39O5P. The fourth-order valence-corrected chi connectivity index (χ4v) is 4.79. The summed E-state index contributed by atoms with van der Waals surface area (Å²) in [5.41, 5.74) is 3.04. The first kappa shape index (κ1) is 28.0. The summed E-state index contributed by atoms with van der Waals surface area (Å²) in [5.74, 6) is -0.00376. The monoisotopic (exact) mass is 486 g/mol. The van der Waals surface area contributed by atoms with Crippen molar-refractivity contribution in [3.63, 3.8) is 0 Å². The van der Waals surface area contributed by atoms with E-state index in [0.29, 0.717) is 5.57 Å². The number of hydrogen-bond donors (Lipinski definition) is 1. The van der Waals surface area contributed by atoms with Crippen molar-refractivity contribution >= 4 is 25.0 Å². The van der Waals surface area contributed by atoms with E-state index in [4.69, 9.17) is 9.05 Å². The summed E-state index contributed by atoms with van der Waals surface area (Å²) in [4.78, 5) is 13.3. The number of carbonyl (C=O) groups is 1. The highest BCUT2D eigenvalue weighted by Crippen LogP contribution is 2.47. The molecule has 6 heteroatoms. The van der Waals surface area contributed by atoms with Crippen molar-refractivity contribution in [2.75, 3.05) is 19.4 Å². The van der Waals surface area contributed by atoms with Crippen LogP contribution in [0, 0.1) is 0 Å². The average molecular weight is 487 g/mol. The van der Waals surface area contributed by atoms with Crippen LogP contribution in [-0.4, -0.2) is 30.3 Å². The van der Waals surface area contributed by atoms with Gasteiger partial charge in [-0.2, -0.15) is 0 Å². The van der Waals surface area contributed by atoms with Gasteiger partial charge in [0.1, 0.15) is 12.4 Å². The lowest BCUT2D eigenvalue weighted by Gasteiger charge is -2.28. The lowest BCUT2D eigenvalue weighted by molar-refractivity contribution is -0.115. The fourth-order valence-electron chi connectivity index (χ4n) is 3.64. The molecule has 186 valence electrons. The Balaban J connectivity index is 2.62. The highest BCUT2D eigenvalue weighted by atomic mass is 31.2. The summed E-state index contributed by atoms with van der Waals surface area (Å²) in [6, 6.07) is 13.2. The molecule has 0 saturated heterocycles. The van der Waals surface area contributed by atoms with Gasteiger partial charge in [-0.25, -0.2) is 0 Å². The second-order valence-corrected chi connectivity index (χ2v) is 12.8. The van der Waals surface area contributed by atoms with Gasteiger partial charge in [0.25, 0.3) is 0 Å². The van der Waals surface area contributed by atoms with Gasteiger partial charge in [-0.3, -0.25) is 9.36 Å². The van der Waals surface area contributed by atoms with E-state index in [1.807, 2.05) is 48.5 Å². The Morgan fingerprint density at radius 3 is 1.91 bits per heavy atom. The van der Waals surface area contributed by atoms with Crippen molar-refractivity contribution in [2.45, 2.75) is 66.2 Å². The molecule has 0 aliphatic carbocycles. The summed E-state index contributed by atoms with van der Waals surface area (Å²) in [6.45, 7) is 15.7. The number of carbonyl (C=O) groups excluding carboxylic acids is 1. The predicted octanol–water partition coefficient (Wildman–Crippen LogP) is 7.36. The van der Waals surface area contributed by atoms with Gasteiger partial charge in [0, 0.05) is 22.9 Å². The van der Waals surface area contributed by atoms with Gasteiger partial charge < -0.3 is 14.2 Å². The van der Waals surface area contributed by atoms with E-state index in [1.54, 1.807) is 13.8 Å². The first-order valence-corrected chi connectivity index (χ1v) is 13.5. The standard InChI is InChI=1S/C28H39O5P/c1-9-32-34(31,10-2)33-19-25(29)22(21-14-12-11-13-15-21)16-20-17-23(27(3,4)5)26(30)24(18-20)28(6,7)8/h11-18,30H,9-10,19H2,1-8H3. The van der Waals surface area contributed by atoms with Crippen LogP contribution in [0.4, 0.5) is 0 Å². The van der Waals surface area contributed by atoms with Crippen molar-refractivity contribution in [2.24, 2.45) is 0 Å². The smallest absolute Gasteiger partial charge is 0.330 e. The zero-order valence-electron chi connectivity index (χ0n) is 21.8. The molecule has 1 unspecified atom stereocenters. The van der Waals surface area contributed by atoms with E-state index in [1.165, 1.54) is 0 Å². The zero-order valence-corrected chi connectivity index (χ0v) is 22.7. The molecule has 0 aromatic heterocycles. The van der Waals surface area contributed by atoms with E-state index >= 15 is 0 Å². The molecule has 0 amide bonds. The first-order valence-electron chi connectivity index (χ1n) is 11.8. The predicted molar refractivity (Wildman–Crippen MR) is 141 cm³/mol. The van der Waals surface area contributed by atoms with Gasteiger partial charge in [0.05, 0.1) is 6.61 Å². The molecule has 2 aromatic carbocycles. The third kappa shape index (κ3) is 7.15. The number of ketones is 1. The van der Waals surface area contributed by atoms with Gasteiger partial charge >= 0.3 is 7.60 Å². The topological polar surface area (TPSA) is 72.8 Å². The normalized spacial score (nSPS) is 14.6. The lowest BCUT2D eigenvalue weighted by atomic mass is 9.78. The van der Waals surface area contributed by atoms with Crippen molar-refractivity contribution in [3.8, 4) is 5.75 Å². The SMILES string of the molecule is CCOP(=O)(CC)OCC(=O)C(=Cc1cc(C(C)(C)C)c(O)c(C(C)(C)C)c1)c1ccccc1. The molecule has 34 heavy (non-hydrogen) atoms. The number of benzene rings is 2. The molecule has 1 N–H and O–H groups in total. The largest absolute Gasteiger partial charge is 0.507 e. The Labute approximate surface area is 204 Å². The molecule has 2 aromatic rings. The first-order chi connectivity index (χ1) is 15.7. The minimum atomic E-state index is -3.32. The van der Waals surface area contributed by atoms with Crippen LogP contribution in [0.1, 0.15) is 77.6 Å². The minimum Gasteiger partial charge on any atom is -0.507 e. The molecule has 0 spiro atoms. The maximum atomic E-state index is 13.3. The lowest BCUT2D eigenvalue weighted by Crippen LogP contribution is -2.17. The zero-order chi connectivity index (χ0) is 25.7. The Morgan fingerprint density at radius 2 is 1.47 bits per heavy atom. The van der Waals surface area contributed by atoms with Crippen LogP contribution in [0.25, 0.3) is 11.6 Å². The quantitative estimate of drug-likeness (QED) is 0.228. The molecule has 2 rings (SSSR count). The van der Waals surface area contributed by atoms with Crippen molar-refractivity contribution in [1.82, 2.24) is 0 Å². The molecule has 0 bridgehead atoms. The van der Waals surface area contributed by atoms with Gasteiger partial charge in [-0.15, -0.1) is 0 Å². The van der Waals surface area contributed by atoms with Crippen LogP contribution in [0.5, 0.6) is 5.75 Å². The van der Waals surface area contributed by atoms with Crippen molar-refractivity contribution in [3.05, 3.63) is 64.7 Å². The molecule has 1 atom stereocenters. The number of hydrogen-bond acceptors (Lipinski definition) is 5. The third-order valence-corrected chi connectivity index (χ3v) is 7.50. The molecular weight excluding hydrogens is 447 g/mol. The second-order valence-electron chi connectivity index (χ2n) is 10.4. The van der Waals surface area contributed by atoms with Crippen LogP contribution >= 0.6 is 7.60 Å². The maximum Gasteiger partial charge on any atom is 0.330 e. The Bertz CT molecular complexity index is 1040. The number of rotatable bonds is 9. The van der Waals surface area contributed by atoms with Crippen molar-refractivity contribution in [1.29, 1.82) is 0 Å². The van der Waals surface area contributed by atoms with Crippen LogP contribution in [0.15, 0.2) is 42.5 Å². The van der Waals surface area contributed by atoms with E-state index < -0.39 is 7.60 Å². The summed E-state index contributed by atoms with van der Waals surface area (Å²) in [5, 5.41) is 11.0. The van der Waals surface area contributed by atoms with Gasteiger partial charge in [-0.05, 0) is 47.1 Å². The van der Waals surface area contributed by atoms with Crippen LogP contribution < -0.4 is 0 Å². The van der Waals surface area contributed by atoms with E-state index in [0.717, 1.165) is 22.3 Å². The molecule has 0 heterocycles. The van der Waals surface area contributed by atoms with Crippen LogP contribution in [0.3, 0.4) is 0 Å². The number of aromatic hydroxyl groups is 1. The van der Waals surface area contributed by atoms with E-state index in [9.17, 15) is 14.5 Å². The van der Waals surface area contributed by atoms with E-state index in [2.05, 4.69) is 41.5 Å². The third-order valence-electron chi connectivity index (χ3n) is 5.55. The summed E-state index contributed by atoms with van der Waals surface area (Å²) in [7, 11) is -3.32. The number of Topliss-reactive ketones (excluding diaryl/α,β-unsaturated/α-hetero) is 1. The number of phenolic OH excluding ortho intramolecular Hbond substituents is 1. The maximum absolute atomic E-state index is 13.3. The van der Waals surface area contributed by atoms with Crippen LogP contribution in [-0.2, 0) is 29.2 Å². The van der Waals surface area contributed by atoms with Gasteiger partial charge in [0.15, 0.2) is 5.78 Å². The highest BCUT2D eigenvalue weighted by molar-refractivity contribution is 7.53. The molecule has 0 radical (unpaired) electrons. The molecule has 0 aliphatic heterocycles. The molecule has 5 nitrogen and oxygen atoms in total. The molecule has 0 fully saturated rings. The molecule has 0 saturated carbocycles. The van der Waals surface area contributed by atoms with E-state index in [-0.39, 0.29) is 41.7 Å². The highest BCUT2D eigenvalue weighted by Gasteiger charge is 2.27. The Morgan fingerprint density at radius 1 is 0.941 bits per heavy atom. The summed E-state index contributed by atoms with van der Waals surface area (Å²) < 4.78 is 23.5. The second kappa shape index (κ2) is 11.0.